The highest BCUT2D eigenvalue weighted by atomic mass is 16.5. The molecule has 0 atom stereocenters. The van der Waals surface area contributed by atoms with Gasteiger partial charge in [0.1, 0.15) is 0 Å². The molecule has 6 heteroatoms. The molecule has 1 heterocycles. The molecule has 1 N–H and O–H groups in total. The fourth-order valence-electron chi connectivity index (χ4n) is 3.74. The van der Waals surface area contributed by atoms with E-state index >= 15 is 0 Å². The highest BCUT2D eigenvalue weighted by Gasteiger charge is 2.21. The van der Waals surface area contributed by atoms with Crippen molar-refractivity contribution in [3.63, 3.8) is 0 Å². The van der Waals surface area contributed by atoms with Gasteiger partial charge in [-0.1, -0.05) is 43.3 Å². The minimum atomic E-state index is -0.378. The fraction of sp³-hybridized carbons (Fsp3) is 0.423. The Labute approximate surface area is 189 Å². The van der Waals surface area contributed by atoms with E-state index in [2.05, 4.69) is 12.2 Å². The van der Waals surface area contributed by atoms with Crippen LogP contribution in [0, 0.1) is 5.92 Å². The Kier molecular flexibility index (Phi) is 8.84. The molecule has 170 valence electrons. The van der Waals surface area contributed by atoms with Crippen molar-refractivity contribution in [3.05, 3.63) is 65.7 Å². The molecule has 2 aromatic carbocycles. The number of anilines is 1. The minimum absolute atomic E-state index is 0.00733. The predicted octanol–water partition coefficient (Wildman–Crippen LogP) is 4.45. The van der Waals surface area contributed by atoms with Crippen molar-refractivity contribution in [2.45, 2.75) is 45.4 Å². The summed E-state index contributed by atoms with van der Waals surface area (Å²) < 4.78 is 5.22. The number of carbonyl (C=O) groups is 3. The topological polar surface area (TPSA) is 75.7 Å². The molecule has 1 aliphatic heterocycles. The van der Waals surface area contributed by atoms with Crippen molar-refractivity contribution < 1.29 is 19.1 Å². The first-order chi connectivity index (χ1) is 15.5. The van der Waals surface area contributed by atoms with Crippen LogP contribution in [0.2, 0.25) is 0 Å². The smallest absolute Gasteiger partial charge is 0.306 e. The van der Waals surface area contributed by atoms with Crippen LogP contribution in [-0.2, 0) is 20.7 Å². The van der Waals surface area contributed by atoms with E-state index in [4.69, 9.17) is 4.74 Å². The van der Waals surface area contributed by atoms with E-state index in [0.717, 1.165) is 38.8 Å². The maximum atomic E-state index is 12.7. The minimum Gasteiger partial charge on any atom is -0.466 e. The second-order valence-electron chi connectivity index (χ2n) is 8.41. The van der Waals surface area contributed by atoms with Gasteiger partial charge in [-0.25, -0.2) is 0 Å². The van der Waals surface area contributed by atoms with Crippen LogP contribution in [0.5, 0.6) is 0 Å². The number of carbonyl (C=O) groups excluding carboxylic acids is 3. The molecule has 0 aromatic heterocycles. The number of likely N-dealkylation sites (tertiary alicyclic amines) is 1. The third-order valence-corrected chi connectivity index (χ3v) is 5.74. The number of rotatable bonds is 9. The molecule has 3 rings (SSSR count). The second-order valence-corrected chi connectivity index (χ2v) is 8.41. The Morgan fingerprint density at radius 3 is 2.50 bits per heavy atom. The molecule has 0 radical (unpaired) electrons. The Morgan fingerprint density at radius 1 is 1.00 bits per heavy atom. The van der Waals surface area contributed by atoms with Gasteiger partial charge in [0.05, 0.1) is 13.0 Å². The van der Waals surface area contributed by atoms with E-state index in [1.807, 2.05) is 35.2 Å². The summed E-state index contributed by atoms with van der Waals surface area (Å²) in [6.45, 7) is 4.08. The normalized spacial score (nSPS) is 14.1. The highest BCUT2D eigenvalue weighted by Crippen LogP contribution is 2.20. The van der Waals surface area contributed by atoms with Crippen LogP contribution in [0.4, 0.5) is 5.69 Å². The number of piperidine rings is 1. The van der Waals surface area contributed by atoms with Crippen LogP contribution in [0.3, 0.4) is 0 Å². The first-order valence-electron chi connectivity index (χ1n) is 11.4. The Bertz CT molecular complexity index is 905. The summed E-state index contributed by atoms with van der Waals surface area (Å²) in [5.41, 5.74) is 2.33. The monoisotopic (exact) mass is 436 g/mol. The summed E-state index contributed by atoms with van der Waals surface area (Å²) in [7, 11) is 0. The molecule has 1 saturated heterocycles. The van der Waals surface area contributed by atoms with E-state index in [9.17, 15) is 14.4 Å². The van der Waals surface area contributed by atoms with Crippen LogP contribution < -0.4 is 5.32 Å². The molecule has 2 amide bonds. The van der Waals surface area contributed by atoms with Gasteiger partial charge in [0.25, 0.3) is 5.91 Å². The Morgan fingerprint density at radius 2 is 1.75 bits per heavy atom. The van der Waals surface area contributed by atoms with Gasteiger partial charge in [0.2, 0.25) is 5.91 Å². The van der Waals surface area contributed by atoms with Crippen LogP contribution in [0.25, 0.3) is 0 Å². The lowest BCUT2D eigenvalue weighted by Gasteiger charge is -2.30. The summed E-state index contributed by atoms with van der Waals surface area (Å²) in [4.78, 5) is 38.7. The average molecular weight is 437 g/mol. The molecule has 32 heavy (non-hydrogen) atoms. The van der Waals surface area contributed by atoms with Gasteiger partial charge in [-0.3, -0.25) is 14.4 Å². The van der Waals surface area contributed by atoms with Gasteiger partial charge in [0.15, 0.2) is 0 Å². The van der Waals surface area contributed by atoms with E-state index < -0.39 is 0 Å². The molecular weight excluding hydrogens is 404 g/mol. The van der Waals surface area contributed by atoms with Crippen molar-refractivity contribution in [1.82, 2.24) is 4.90 Å². The molecular formula is C26H32N2O4. The molecule has 2 aromatic rings. The number of hydrogen-bond acceptors (Lipinski definition) is 4. The number of esters is 1. The third kappa shape index (κ3) is 7.52. The number of amides is 2. The fourth-order valence-corrected chi connectivity index (χ4v) is 3.74. The van der Waals surface area contributed by atoms with Crippen molar-refractivity contribution in [2.24, 2.45) is 5.92 Å². The van der Waals surface area contributed by atoms with Gasteiger partial charge in [-0.2, -0.15) is 0 Å². The van der Waals surface area contributed by atoms with E-state index in [-0.39, 0.29) is 30.6 Å². The quantitative estimate of drug-likeness (QED) is 0.465. The van der Waals surface area contributed by atoms with Gasteiger partial charge >= 0.3 is 5.97 Å². The van der Waals surface area contributed by atoms with Gasteiger partial charge in [-0.05, 0) is 55.4 Å². The van der Waals surface area contributed by atoms with E-state index in [0.29, 0.717) is 23.8 Å². The largest absolute Gasteiger partial charge is 0.466 e. The third-order valence-electron chi connectivity index (χ3n) is 5.74. The van der Waals surface area contributed by atoms with Crippen molar-refractivity contribution >= 4 is 23.5 Å². The second kappa shape index (κ2) is 12.0. The van der Waals surface area contributed by atoms with Crippen LogP contribution >= 0.6 is 0 Å². The van der Waals surface area contributed by atoms with E-state index in [1.165, 1.54) is 5.56 Å². The van der Waals surface area contributed by atoms with Gasteiger partial charge in [0, 0.05) is 30.8 Å². The lowest BCUT2D eigenvalue weighted by molar-refractivity contribution is -0.144. The lowest BCUT2D eigenvalue weighted by Crippen LogP contribution is -2.37. The van der Waals surface area contributed by atoms with Crippen LogP contribution in [0.15, 0.2) is 54.6 Å². The molecule has 1 aliphatic rings. The van der Waals surface area contributed by atoms with Crippen molar-refractivity contribution in [1.29, 1.82) is 0 Å². The molecule has 6 nitrogen and oxygen atoms in total. The predicted molar refractivity (Wildman–Crippen MR) is 124 cm³/mol. The number of benzene rings is 2. The first-order valence-corrected chi connectivity index (χ1v) is 11.4. The zero-order valence-electron chi connectivity index (χ0n) is 18.7. The standard InChI is InChI=1S/C26H32N2O4/c1-20-14-16-28(17-15-20)26(31)22-10-5-11-23(19-22)27-24(29)12-13-25(30)32-18-6-9-21-7-3-2-4-8-21/h2-5,7-8,10-11,19-20H,6,9,12-18H2,1H3,(H,27,29). The summed E-state index contributed by atoms with van der Waals surface area (Å²) >= 11 is 0. The number of ether oxygens (including phenoxy) is 1. The molecule has 0 bridgehead atoms. The SMILES string of the molecule is CC1CCN(C(=O)c2cccc(NC(=O)CCC(=O)OCCCc3ccccc3)c2)CC1. The average Bonchev–Trinajstić information content (AvgIpc) is 2.81. The van der Waals surface area contributed by atoms with Crippen molar-refractivity contribution in [3.8, 4) is 0 Å². The lowest BCUT2D eigenvalue weighted by atomic mass is 9.98. The molecule has 0 aliphatic carbocycles. The number of hydrogen-bond donors (Lipinski definition) is 1. The zero-order chi connectivity index (χ0) is 22.8. The zero-order valence-corrected chi connectivity index (χ0v) is 18.7. The summed E-state index contributed by atoms with van der Waals surface area (Å²) in [6.07, 6.45) is 3.70. The summed E-state index contributed by atoms with van der Waals surface area (Å²) in [5, 5.41) is 2.77. The number of nitrogens with one attached hydrogen (secondary N) is 1. The molecule has 1 fully saturated rings. The van der Waals surface area contributed by atoms with Crippen LogP contribution in [-0.4, -0.2) is 42.4 Å². The Balaban J connectivity index is 1.37. The molecule has 0 spiro atoms. The van der Waals surface area contributed by atoms with E-state index in [1.54, 1.807) is 24.3 Å². The van der Waals surface area contributed by atoms with Crippen LogP contribution in [0.1, 0.15) is 54.9 Å². The summed E-state index contributed by atoms with van der Waals surface area (Å²) in [5.74, 6) is -0.00796. The summed E-state index contributed by atoms with van der Waals surface area (Å²) in [6, 6.07) is 17.0. The van der Waals surface area contributed by atoms with Crippen molar-refractivity contribution in [2.75, 3.05) is 25.0 Å². The van der Waals surface area contributed by atoms with Gasteiger partial charge < -0.3 is 15.0 Å². The number of nitrogens with zero attached hydrogens (tertiary/aromatic N) is 1. The molecule has 0 saturated carbocycles. The highest BCUT2D eigenvalue weighted by molar-refractivity contribution is 5.97. The number of aryl methyl sites for hydroxylation is 1. The Hall–Kier alpha value is -3.15. The maximum absolute atomic E-state index is 12.7. The first kappa shape index (κ1) is 23.5. The van der Waals surface area contributed by atoms with Gasteiger partial charge in [-0.15, -0.1) is 0 Å². The maximum Gasteiger partial charge on any atom is 0.306 e. The molecule has 0 unspecified atom stereocenters.